The summed E-state index contributed by atoms with van der Waals surface area (Å²) >= 11 is 0. The first kappa shape index (κ1) is 106. The zero-order valence-electron chi connectivity index (χ0n) is 74.2. The highest BCUT2D eigenvalue weighted by Crippen LogP contribution is 2.23. The number of hydrogen-bond acceptors (Lipinski definition) is 12. The Morgan fingerprint density at radius 2 is 0.409 bits per heavy atom. The van der Waals surface area contributed by atoms with Gasteiger partial charge in [0, 0.05) is 64.0 Å². The highest BCUT2D eigenvalue weighted by Gasteiger charge is 2.19. The van der Waals surface area contributed by atoms with Gasteiger partial charge in [0.15, 0.2) is 0 Å². The first-order valence-corrected chi connectivity index (χ1v) is 48.3. The van der Waals surface area contributed by atoms with Crippen molar-refractivity contribution in [3.05, 3.63) is 12.2 Å². The van der Waals surface area contributed by atoms with Crippen LogP contribution in [0.5, 0.6) is 0 Å². The summed E-state index contributed by atoms with van der Waals surface area (Å²) in [6, 6.07) is 0. The zero-order valence-corrected chi connectivity index (χ0v) is 74.2. The predicted octanol–water partition coefficient (Wildman–Crippen LogP) is 26.7. The average Bonchev–Trinajstić information content (AvgIpc) is 1.02. The lowest BCUT2D eigenvalue weighted by molar-refractivity contribution is -0.151. The molecule has 0 spiro atoms. The van der Waals surface area contributed by atoms with Crippen molar-refractivity contribution in [2.75, 3.05) is 52.4 Å². The van der Waals surface area contributed by atoms with Crippen molar-refractivity contribution in [3.8, 4) is 0 Å². The van der Waals surface area contributed by atoms with E-state index in [0.717, 1.165) is 219 Å². The summed E-state index contributed by atoms with van der Waals surface area (Å²) in [7, 11) is 0. The summed E-state index contributed by atoms with van der Waals surface area (Å²) in [6.45, 7) is 23.6. The van der Waals surface area contributed by atoms with E-state index in [1.807, 2.05) is 0 Å². The number of nitrogens with zero attached hydrogens (tertiary/aromatic N) is 2. The maximum atomic E-state index is 13.2. The fourth-order valence-corrected chi connectivity index (χ4v) is 15.3. The molecule has 2 atom stereocenters. The van der Waals surface area contributed by atoms with Gasteiger partial charge in [-0.3, -0.25) is 28.8 Å². The second-order valence-electron chi connectivity index (χ2n) is 33.3. The van der Waals surface area contributed by atoms with Gasteiger partial charge in [-0.05, 0) is 167 Å². The van der Waals surface area contributed by atoms with Crippen LogP contribution >= 0.6 is 0 Å². The van der Waals surface area contributed by atoms with Crippen molar-refractivity contribution in [3.63, 3.8) is 0 Å². The van der Waals surface area contributed by atoms with Gasteiger partial charge in [-0.1, -0.05) is 325 Å². The normalized spacial score (nSPS) is 12.3. The van der Waals surface area contributed by atoms with Crippen LogP contribution in [0.1, 0.15) is 492 Å². The van der Waals surface area contributed by atoms with E-state index in [9.17, 15) is 28.8 Å². The third kappa shape index (κ3) is 75.8. The monoisotopic (exact) mass is 1550 g/mol. The molecule has 0 radical (unpaired) electrons. The molecule has 0 aliphatic heterocycles. The molecule has 0 aromatic carbocycles. The van der Waals surface area contributed by atoms with Gasteiger partial charge in [-0.15, -0.1) is 0 Å². The van der Waals surface area contributed by atoms with Crippen LogP contribution < -0.4 is 10.6 Å². The highest BCUT2D eigenvalue weighted by molar-refractivity contribution is 5.96. The molecule has 2 amide bonds. The molecule has 0 aliphatic rings. The fourth-order valence-electron chi connectivity index (χ4n) is 15.3. The predicted molar refractivity (Wildman–Crippen MR) is 467 cm³/mol. The van der Waals surface area contributed by atoms with Gasteiger partial charge in [0.1, 0.15) is 24.4 Å². The lowest BCUT2D eigenvalue weighted by Gasteiger charge is -2.22. The van der Waals surface area contributed by atoms with E-state index < -0.39 is 0 Å². The number of ether oxygens (including phenoxy) is 4. The third-order valence-corrected chi connectivity index (χ3v) is 22.6. The Morgan fingerprint density at radius 1 is 0.227 bits per heavy atom. The summed E-state index contributed by atoms with van der Waals surface area (Å²) in [5.74, 6) is -0.819. The number of amides is 2. The molecule has 0 saturated carbocycles. The first-order valence-electron chi connectivity index (χ1n) is 48.3. The van der Waals surface area contributed by atoms with E-state index in [4.69, 9.17) is 18.9 Å². The van der Waals surface area contributed by atoms with Gasteiger partial charge < -0.3 is 39.4 Å². The molecule has 2 N–H and O–H groups in total. The molecule has 0 rings (SSSR count). The molecular formula is C96H184N4O10. The average molecular weight is 1550 g/mol. The van der Waals surface area contributed by atoms with Crippen LogP contribution in [-0.2, 0) is 47.7 Å². The van der Waals surface area contributed by atoms with Crippen LogP contribution in [0, 0.1) is 0 Å². The highest BCUT2D eigenvalue weighted by atomic mass is 16.6. The molecule has 14 heteroatoms. The lowest BCUT2D eigenvalue weighted by Crippen LogP contribution is -2.36. The van der Waals surface area contributed by atoms with Gasteiger partial charge in [0.05, 0.1) is 0 Å². The van der Waals surface area contributed by atoms with E-state index in [0.29, 0.717) is 51.9 Å². The number of unbranched alkanes of at least 4 members (excludes halogenated alkanes) is 46. The molecule has 14 nitrogen and oxygen atoms in total. The van der Waals surface area contributed by atoms with Gasteiger partial charge in [0.25, 0.3) is 0 Å². The van der Waals surface area contributed by atoms with E-state index in [1.165, 1.54) is 230 Å². The zero-order chi connectivity index (χ0) is 80.3. The maximum Gasteiger partial charge on any atom is 0.306 e. The number of hydrogen-bond donors (Lipinski definition) is 2. The maximum absolute atomic E-state index is 13.2. The number of carbonyl (C=O) groups excluding carboxylic acids is 6. The summed E-state index contributed by atoms with van der Waals surface area (Å²) in [5, 5.41) is 6.08. The lowest BCUT2D eigenvalue weighted by atomic mass is 10.0. The van der Waals surface area contributed by atoms with Crippen molar-refractivity contribution in [2.24, 2.45) is 0 Å². The molecule has 648 valence electrons. The molecule has 0 heterocycles. The van der Waals surface area contributed by atoms with E-state index >= 15 is 0 Å². The number of rotatable bonds is 88. The number of nitrogens with one attached hydrogen (secondary N) is 2. The van der Waals surface area contributed by atoms with Crippen LogP contribution in [-0.4, -0.2) is 122 Å². The van der Waals surface area contributed by atoms with Gasteiger partial charge in [-0.2, -0.15) is 0 Å². The van der Waals surface area contributed by atoms with Crippen LogP contribution in [0.15, 0.2) is 12.2 Å². The molecule has 0 aromatic heterocycles. The Labute approximate surface area is 681 Å². The number of carbonyl (C=O) groups is 6. The van der Waals surface area contributed by atoms with Gasteiger partial charge in [-0.25, -0.2) is 0 Å². The number of esters is 4. The van der Waals surface area contributed by atoms with Crippen LogP contribution in [0.2, 0.25) is 0 Å². The Balaban J connectivity index is 5.63. The minimum absolute atomic E-state index is 0.00614. The quantitative estimate of drug-likeness (QED) is 0.0256. The van der Waals surface area contributed by atoms with Gasteiger partial charge >= 0.3 is 23.9 Å². The van der Waals surface area contributed by atoms with E-state index in [-0.39, 0.29) is 60.1 Å². The third-order valence-electron chi connectivity index (χ3n) is 22.6. The molecule has 0 bridgehead atoms. The largest absolute Gasteiger partial charge is 0.462 e. The Hall–Kier alpha value is -3.52. The van der Waals surface area contributed by atoms with Crippen LogP contribution in [0.25, 0.3) is 0 Å². The molecule has 110 heavy (non-hydrogen) atoms. The Kier molecular flexibility index (Phi) is 82.2. The Bertz CT molecular complexity index is 1890. The first-order chi connectivity index (χ1) is 53.9. The van der Waals surface area contributed by atoms with E-state index in [2.05, 4.69) is 75.8 Å². The van der Waals surface area contributed by atoms with Crippen LogP contribution in [0.4, 0.5) is 0 Å². The fraction of sp³-hybridized carbons (Fsp3) is 0.917. The topological polar surface area (TPSA) is 170 Å². The van der Waals surface area contributed by atoms with Crippen LogP contribution in [0.3, 0.4) is 0 Å². The van der Waals surface area contributed by atoms with Crippen molar-refractivity contribution in [2.45, 2.75) is 516 Å². The summed E-state index contributed by atoms with van der Waals surface area (Å²) < 4.78 is 24.2. The van der Waals surface area contributed by atoms with Crippen molar-refractivity contribution in [1.82, 2.24) is 20.4 Å². The SMILES string of the molecule is CCCCCCCCCCC(CC)OC(=O)CCCCCN(CCCCCCCC(=O)OC(CCCCCCCC)CCCCCCCC)CCNC(=O)/C=C/C(=O)NCCN(CCCCCCCC(=O)OC(CCCCCCCC)CCCCCCCC)CCCCCC(=O)OC(CC)CCCCCCCCCC. The minimum atomic E-state index is -0.298. The molecule has 2 unspecified atom stereocenters. The minimum Gasteiger partial charge on any atom is -0.462 e. The van der Waals surface area contributed by atoms with Crippen molar-refractivity contribution in [1.29, 1.82) is 0 Å². The standard InChI is InChI=1S/C96H184N4O10/c1-9-17-23-29-35-37-45-53-67-87(15-7)107-93(103)75-61-51-65-83-99(81-63-49-39-47-59-73-95(105)109-89(69-55-41-31-25-19-11-3)70-56-42-32-26-20-12-4)85-79-97-91(101)77-78-92(102)98-80-86-100(84-66-52-62-76-94(104)108-88(16-8)68-54-46-38-36-30-24-18-10-2)82-64-50-40-48-60-74-96(106)110-90(71-57-43-33-27-21-13-5)72-58-44-34-28-22-14-6/h77-78,87-90H,9-76,79-86H2,1-8H3,(H,97,101)(H,98,102)/b78-77+. The molecule has 0 saturated heterocycles. The molecule has 0 fully saturated rings. The van der Waals surface area contributed by atoms with Crippen molar-refractivity contribution >= 4 is 35.7 Å². The summed E-state index contributed by atoms with van der Waals surface area (Å²) in [6.07, 6.45) is 77.8. The summed E-state index contributed by atoms with van der Waals surface area (Å²) in [5.41, 5.74) is 0. The Morgan fingerprint density at radius 3 is 0.636 bits per heavy atom. The molecular weight excluding hydrogens is 1370 g/mol. The smallest absolute Gasteiger partial charge is 0.306 e. The van der Waals surface area contributed by atoms with E-state index in [1.54, 1.807) is 0 Å². The second-order valence-corrected chi connectivity index (χ2v) is 33.3. The second kappa shape index (κ2) is 84.9. The molecule has 0 aromatic rings. The summed E-state index contributed by atoms with van der Waals surface area (Å²) in [4.78, 5) is 83.5. The van der Waals surface area contributed by atoms with Gasteiger partial charge in [0.2, 0.25) is 11.8 Å². The van der Waals surface area contributed by atoms with Crippen molar-refractivity contribution < 1.29 is 47.7 Å². The molecule has 0 aliphatic carbocycles.